The molecule has 0 saturated carbocycles. The number of aryl methyl sites for hydroxylation is 3. The Balaban J connectivity index is 1.69. The van der Waals surface area contributed by atoms with Crippen LogP contribution in [0.2, 0.25) is 0 Å². The molecule has 3 aromatic heterocycles. The van der Waals surface area contributed by atoms with Gasteiger partial charge in [0.25, 0.3) is 11.6 Å². The maximum atomic E-state index is 13.4. The molecule has 3 heterocycles. The van der Waals surface area contributed by atoms with Crippen molar-refractivity contribution in [2.75, 3.05) is 11.9 Å². The van der Waals surface area contributed by atoms with E-state index in [0.717, 1.165) is 16.9 Å². The summed E-state index contributed by atoms with van der Waals surface area (Å²) in [6, 6.07) is 11.1. The number of hydrogen-bond donors (Lipinski definition) is 1. The predicted octanol–water partition coefficient (Wildman–Crippen LogP) is 5.03. The lowest BCUT2D eigenvalue weighted by atomic mass is 10.0. The third-order valence-electron chi connectivity index (χ3n) is 5.56. The quantitative estimate of drug-likeness (QED) is 0.446. The summed E-state index contributed by atoms with van der Waals surface area (Å²) in [5.41, 5.74) is 4.22. The van der Waals surface area contributed by atoms with E-state index >= 15 is 0 Å². The van der Waals surface area contributed by atoms with Crippen LogP contribution in [0.4, 0.5) is 5.69 Å². The standard InChI is InChI=1S/C25H26N4O4/c1-6-29(17(5)30)13-18-8-7-9-19(11-18)26-24(31)21-12-22(20-10-14(2)32-16(20)4)27-25-23(21)15(3)28-33-25/h7-12H,6,13H2,1-5H3,(H,26,31). The van der Waals surface area contributed by atoms with E-state index in [1.54, 1.807) is 24.8 Å². The molecule has 33 heavy (non-hydrogen) atoms. The van der Waals surface area contributed by atoms with Crippen LogP contribution in [0.1, 0.15) is 47.0 Å². The number of nitrogens with one attached hydrogen (secondary N) is 1. The molecule has 8 nitrogen and oxygen atoms in total. The van der Waals surface area contributed by atoms with Gasteiger partial charge in [-0.3, -0.25) is 9.59 Å². The second kappa shape index (κ2) is 8.90. The zero-order valence-electron chi connectivity index (χ0n) is 19.4. The Bertz CT molecular complexity index is 1350. The molecule has 0 aliphatic heterocycles. The number of nitrogens with zero attached hydrogens (tertiary/aromatic N) is 3. The molecule has 170 valence electrons. The SMILES string of the molecule is CCN(Cc1cccc(NC(=O)c2cc(-c3cc(C)oc3C)nc3onc(C)c23)c1)C(C)=O. The fourth-order valence-corrected chi connectivity index (χ4v) is 3.91. The molecule has 0 spiro atoms. The van der Waals surface area contributed by atoms with Gasteiger partial charge in [-0.15, -0.1) is 0 Å². The van der Waals surface area contributed by atoms with E-state index in [1.165, 1.54) is 0 Å². The van der Waals surface area contributed by atoms with Crippen LogP contribution in [-0.4, -0.2) is 33.4 Å². The second-order valence-corrected chi connectivity index (χ2v) is 8.02. The summed E-state index contributed by atoms with van der Waals surface area (Å²) in [4.78, 5) is 31.4. The molecule has 2 amide bonds. The largest absolute Gasteiger partial charge is 0.466 e. The molecular weight excluding hydrogens is 420 g/mol. The summed E-state index contributed by atoms with van der Waals surface area (Å²) < 4.78 is 11.0. The molecule has 1 aromatic carbocycles. The first-order valence-electron chi connectivity index (χ1n) is 10.8. The average Bonchev–Trinajstić information content (AvgIpc) is 3.32. The number of carbonyl (C=O) groups is 2. The molecule has 4 rings (SSSR count). The zero-order valence-corrected chi connectivity index (χ0v) is 19.4. The Morgan fingerprint density at radius 2 is 1.91 bits per heavy atom. The maximum Gasteiger partial charge on any atom is 0.259 e. The third kappa shape index (κ3) is 4.50. The summed E-state index contributed by atoms with van der Waals surface area (Å²) in [6.45, 7) is 10.1. The lowest BCUT2D eigenvalue weighted by Crippen LogP contribution is -2.27. The van der Waals surface area contributed by atoms with Crippen LogP contribution in [-0.2, 0) is 11.3 Å². The minimum atomic E-state index is -0.302. The fourth-order valence-electron chi connectivity index (χ4n) is 3.91. The minimum Gasteiger partial charge on any atom is -0.466 e. The van der Waals surface area contributed by atoms with Crippen molar-refractivity contribution in [3.8, 4) is 11.3 Å². The van der Waals surface area contributed by atoms with Crippen molar-refractivity contribution in [3.63, 3.8) is 0 Å². The number of carbonyl (C=O) groups excluding carboxylic acids is 2. The molecule has 0 unspecified atom stereocenters. The summed E-state index contributed by atoms with van der Waals surface area (Å²) in [6.07, 6.45) is 0. The van der Waals surface area contributed by atoms with Gasteiger partial charge >= 0.3 is 0 Å². The van der Waals surface area contributed by atoms with Gasteiger partial charge in [0.1, 0.15) is 11.5 Å². The molecule has 0 atom stereocenters. The first-order valence-corrected chi connectivity index (χ1v) is 10.8. The van der Waals surface area contributed by atoms with Crippen molar-refractivity contribution >= 4 is 28.6 Å². The number of aromatic nitrogens is 2. The number of pyridine rings is 1. The van der Waals surface area contributed by atoms with Crippen LogP contribution in [0.5, 0.6) is 0 Å². The lowest BCUT2D eigenvalue weighted by Gasteiger charge is -2.19. The topological polar surface area (TPSA) is 101 Å². The lowest BCUT2D eigenvalue weighted by molar-refractivity contribution is -0.129. The molecule has 0 radical (unpaired) electrons. The van der Waals surface area contributed by atoms with Gasteiger partial charge in [-0.1, -0.05) is 17.3 Å². The highest BCUT2D eigenvalue weighted by Crippen LogP contribution is 2.31. The Labute approximate surface area is 191 Å². The van der Waals surface area contributed by atoms with Crippen molar-refractivity contribution in [2.45, 2.75) is 41.2 Å². The van der Waals surface area contributed by atoms with E-state index in [9.17, 15) is 9.59 Å². The Morgan fingerprint density at radius 3 is 2.58 bits per heavy atom. The second-order valence-electron chi connectivity index (χ2n) is 8.02. The van der Waals surface area contributed by atoms with Gasteiger partial charge in [-0.25, -0.2) is 4.98 Å². The molecule has 4 aromatic rings. The number of fused-ring (bicyclic) bond motifs is 1. The van der Waals surface area contributed by atoms with Crippen LogP contribution >= 0.6 is 0 Å². The molecule has 8 heteroatoms. The highest BCUT2D eigenvalue weighted by atomic mass is 16.5. The van der Waals surface area contributed by atoms with Gasteiger partial charge in [-0.05, 0) is 57.5 Å². The molecule has 0 aliphatic rings. The first kappa shape index (κ1) is 22.3. The Hall–Kier alpha value is -3.94. The van der Waals surface area contributed by atoms with Crippen LogP contribution in [0.3, 0.4) is 0 Å². The Morgan fingerprint density at radius 1 is 1.12 bits per heavy atom. The number of rotatable bonds is 6. The van der Waals surface area contributed by atoms with Crippen LogP contribution < -0.4 is 5.32 Å². The van der Waals surface area contributed by atoms with Gasteiger partial charge in [0, 0.05) is 31.3 Å². The van der Waals surface area contributed by atoms with Crippen LogP contribution in [0.15, 0.2) is 45.3 Å². The highest BCUT2D eigenvalue weighted by Gasteiger charge is 2.21. The van der Waals surface area contributed by atoms with E-state index in [1.807, 2.05) is 51.1 Å². The molecule has 0 aliphatic carbocycles. The molecule has 0 bridgehead atoms. The summed E-state index contributed by atoms with van der Waals surface area (Å²) in [7, 11) is 0. The number of amides is 2. The summed E-state index contributed by atoms with van der Waals surface area (Å²) in [5.74, 6) is 1.17. The van der Waals surface area contributed by atoms with E-state index in [0.29, 0.717) is 52.6 Å². The van der Waals surface area contributed by atoms with Gasteiger partial charge in [-0.2, -0.15) is 0 Å². The number of hydrogen-bond acceptors (Lipinski definition) is 6. The predicted molar refractivity (Wildman–Crippen MR) is 125 cm³/mol. The average molecular weight is 447 g/mol. The van der Waals surface area contributed by atoms with Crippen molar-refractivity contribution < 1.29 is 18.5 Å². The van der Waals surface area contributed by atoms with Crippen molar-refractivity contribution in [3.05, 3.63) is 64.7 Å². The van der Waals surface area contributed by atoms with Gasteiger partial charge < -0.3 is 19.2 Å². The third-order valence-corrected chi connectivity index (χ3v) is 5.56. The van der Waals surface area contributed by atoms with Crippen molar-refractivity contribution in [1.29, 1.82) is 0 Å². The van der Waals surface area contributed by atoms with Crippen molar-refractivity contribution in [1.82, 2.24) is 15.0 Å². The van der Waals surface area contributed by atoms with E-state index in [2.05, 4.69) is 15.5 Å². The number of furan rings is 1. The molecule has 1 N–H and O–H groups in total. The first-order chi connectivity index (χ1) is 15.8. The smallest absolute Gasteiger partial charge is 0.259 e. The zero-order chi connectivity index (χ0) is 23.7. The fraction of sp³-hybridized carbons (Fsp3) is 0.280. The molecule has 0 saturated heterocycles. The highest BCUT2D eigenvalue weighted by molar-refractivity contribution is 6.13. The van der Waals surface area contributed by atoms with E-state index < -0.39 is 0 Å². The number of anilines is 1. The summed E-state index contributed by atoms with van der Waals surface area (Å²) in [5, 5.41) is 7.53. The van der Waals surface area contributed by atoms with Gasteiger partial charge in [0.2, 0.25) is 5.91 Å². The summed E-state index contributed by atoms with van der Waals surface area (Å²) >= 11 is 0. The van der Waals surface area contributed by atoms with E-state index in [-0.39, 0.29) is 11.8 Å². The van der Waals surface area contributed by atoms with Gasteiger partial charge in [0.05, 0.1) is 22.3 Å². The Kier molecular flexibility index (Phi) is 6.00. The van der Waals surface area contributed by atoms with Gasteiger partial charge in [0.15, 0.2) is 0 Å². The number of benzene rings is 1. The normalized spacial score (nSPS) is 11.1. The van der Waals surface area contributed by atoms with Crippen LogP contribution in [0.25, 0.3) is 22.4 Å². The molecular formula is C25H26N4O4. The molecule has 0 fully saturated rings. The van der Waals surface area contributed by atoms with Crippen molar-refractivity contribution in [2.24, 2.45) is 0 Å². The maximum absolute atomic E-state index is 13.4. The van der Waals surface area contributed by atoms with E-state index in [4.69, 9.17) is 8.94 Å². The van der Waals surface area contributed by atoms with Crippen LogP contribution in [0, 0.1) is 20.8 Å². The monoisotopic (exact) mass is 446 g/mol. The minimum absolute atomic E-state index is 0.00588.